The number of nitrogens with one attached hydrogen (secondary N) is 1. The van der Waals surface area contributed by atoms with Gasteiger partial charge < -0.3 is 20.5 Å². The number of carbonyl (C=O) groups excluding carboxylic acids is 1. The quantitative estimate of drug-likeness (QED) is 0.723. The third-order valence-corrected chi connectivity index (χ3v) is 2.14. The molecule has 3 N–H and O–H groups in total. The van der Waals surface area contributed by atoms with E-state index in [0.29, 0.717) is 24.7 Å². The predicted octanol–water partition coefficient (Wildman–Crippen LogP) is 0.917. The molecule has 0 aliphatic carbocycles. The van der Waals surface area contributed by atoms with Crippen molar-refractivity contribution in [2.75, 3.05) is 32.2 Å². The van der Waals surface area contributed by atoms with Crippen LogP contribution in [-0.4, -0.2) is 32.8 Å². The molecular formula is C12H18N2O3. The number of rotatable bonds is 6. The van der Waals surface area contributed by atoms with E-state index in [9.17, 15) is 4.79 Å². The van der Waals surface area contributed by atoms with Crippen molar-refractivity contribution in [1.82, 2.24) is 0 Å². The Hall–Kier alpha value is -1.59. The first kappa shape index (κ1) is 13.5. The van der Waals surface area contributed by atoms with Crippen molar-refractivity contribution >= 4 is 11.6 Å². The van der Waals surface area contributed by atoms with Crippen molar-refractivity contribution in [1.29, 1.82) is 0 Å². The molecule has 1 aromatic rings. The summed E-state index contributed by atoms with van der Waals surface area (Å²) in [6.07, 6.45) is 0. The fourth-order valence-corrected chi connectivity index (χ4v) is 1.29. The van der Waals surface area contributed by atoms with E-state index >= 15 is 0 Å². The lowest BCUT2D eigenvalue weighted by Gasteiger charge is -2.12. The number of amides is 1. The SMILES string of the molecule is COCCOc1cc(C)ccc1NC(=O)CN. The second-order valence-corrected chi connectivity index (χ2v) is 3.59. The number of methoxy groups -OCH3 is 1. The lowest BCUT2D eigenvalue weighted by atomic mass is 10.2. The normalized spacial score (nSPS) is 10.1. The van der Waals surface area contributed by atoms with Crippen LogP contribution in [0.1, 0.15) is 5.56 Å². The Morgan fingerprint density at radius 2 is 2.18 bits per heavy atom. The highest BCUT2D eigenvalue weighted by molar-refractivity contribution is 5.93. The Morgan fingerprint density at radius 3 is 2.82 bits per heavy atom. The molecule has 0 spiro atoms. The van der Waals surface area contributed by atoms with E-state index in [1.165, 1.54) is 0 Å². The molecule has 0 fully saturated rings. The number of aryl methyl sites for hydroxylation is 1. The lowest BCUT2D eigenvalue weighted by molar-refractivity contribution is -0.114. The van der Waals surface area contributed by atoms with Gasteiger partial charge in [0.05, 0.1) is 18.8 Å². The average Bonchev–Trinajstić information content (AvgIpc) is 2.32. The number of hydrogen-bond donors (Lipinski definition) is 2. The molecule has 1 amide bonds. The van der Waals surface area contributed by atoms with Gasteiger partial charge in [-0.15, -0.1) is 0 Å². The largest absolute Gasteiger partial charge is 0.489 e. The molecule has 1 rings (SSSR count). The van der Waals surface area contributed by atoms with E-state index in [4.69, 9.17) is 15.2 Å². The molecule has 0 saturated carbocycles. The number of hydrogen-bond acceptors (Lipinski definition) is 4. The second kappa shape index (κ2) is 6.88. The van der Waals surface area contributed by atoms with Gasteiger partial charge in [0.1, 0.15) is 12.4 Å². The zero-order valence-electron chi connectivity index (χ0n) is 10.2. The molecule has 0 heterocycles. The molecule has 17 heavy (non-hydrogen) atoms. The van der Waals surface area contributed by atoms with Gasteiger partial charge in [0.15, 0.2) is 0 Å². The van der Waals surface area contributed by atoms with Gasteiger partial charge in [-0.1, -0.05) is 6.07 Å². The molecule has 0 bridgehead atoms. The van der Waals surface area contributed by atoms with Crippen molar-refractivity contribution < 1.29 is 14.3 Å². The maximum atomic E-state index is 11.2. The number of nitrogens with two attached hydrogens (primary N) is 1. The highest BCUT2D eigenvalue weighted by atomic mass is 16.5. The van der Waals surface area contributed by atoms with Gasteiger partial charge in [0, 0.05) is 7.11 Å². The first-order valence-electron chi connectivity index (χ1n) is 5.39. The predicted molar refractivity (Wildman–Crippen MR) is 66.2 cm³/mol. The summed E-state index contributed by atoms with van der Waals surface area (Å²) < 4.78 is 10.4. The van der Waals surface area contributed by atoms with Gasteiger partial charge in [-0.3, -0.25) is 4.79 Å². The van der Waals surface area contributed by atoms with E-state index in [2.05, 4.69) is 5.32 Å². The van der Waals surface area contributed by atoms with Crippen molar-refractivity contribution in [2.45, 2.75) is 6.92 Å². The summed E-state index contributed by atoms with van der Waals surface area (Å²) in [5.41, 5.74) is 6.93. The molecule has 1 aromatic carbocycles. The summed E-state index contributed by atoms with van der Waals surface area (Å²) in [5.74, 6) is 0.384. The highest BCUT2D eigenvalue weighted by Crippen LogP contribution is 2.25. The summed E-state index contributed by atoms with van der Waals surface area (Å²) in [6.45, 7) is 2.84. The molecule has 94 valence electrons. The third-order valence-electron chi connectivity index (χ3n) is 2.14. The Labute approximate surface area is 101 Å². The van der Waals surface area contributed by atoms with E-state index in [0.717, 1.165) is 5.56 Å². The van der Waals surface area contributed by atoms with Crippen LogP contribution in [0.4, 0.5) is 5.69 Å². The molecule has 0 aliphatic rings. The van der Waals surface area contributed by atoms with Gasteiger partial charge in [-0.2, -0.15) is 0 Å². The van der Waals surface area contributed by atoms with Crippen molar-refractivity contribution in [3.63, 3.8) is 0 Å². The molecule has 0 aliphatic heterocycles. The fraction of sp³-hybridized carbons (Fsp3) is 0.417. The van der Waals surface area contributed by atoms with Crippen LogP contribution in [0.15, 0.2) is 18.2 Å². The maximum Gasteiger partial charge on any atom is 0.238 e. The molecule has 0 aromatic heterocycles. The van der Waals surface area contributed by atoms with Gasteiger partial charge in [0.2, 0.25) is 5.91 Å². The van der Waals surface area contributed by atoms with E-state index in [1.54, 1.807) is 13.2 Å². The van der Waals surface area contributed by atoms with Gasteiger partial charge >= 0.3 is 0 Å². The van der Waals surface area contributed by atoms with Gasteiger partial charge in [-0.25, -0.2) is 0 Å². The lowest BCUT2D eigenvalue weighted by Crippen LogP contribution is -2.22. The van der Waals surface area contributed by atoms with Crippen LogP contribution in [-0.2, 0) is 9.53 Å². The molecule has 0 radical (unpaired) electrons. The summed E-state index contributed by atoms with van der Waals surface area (Å²) in [5, 5.41) is 2.68. The number of anilines is 1. The van der Waals surface area contributed by atoms with E-state index in [1.807, 2.05) is 19.1 Å². The monoisotopic (exact) mass is 238 g/mol. The summed E-state index contributed by atoms with van der Waals surface area (Å²) >= 11 is 0. The van der Waals surface area contributed by atoms with Crippen molar-refractivity contribution in [2.24, 2.45) is 5.73 Å². The molecule has 0 unspecified atom stereocenters. The zero-order chi connectivity index (χ0) is 12.7. The molecule has 0 atom stereocenters. The fourth-order valence-electron chi connectivity index (χ4n) is 1.29. The van der Waals surface area contributed by atoms with Crippen LogP contribution >= 0.6 is 0 Å². The maximum absolute atomic E-state index is 11.2. The number of benzene rings is 1. The molecule has 5 nitrogen and oxygen atoms in total. The second-order valence-electron chi connectivity index (χ2n) is 3.59. The van der Waals surface area contributed by atoms with Crippen LogP contribution in [0.3, 0.4) is 0 Å². The van der Waals surface area contributed by atoms with Gasteiger partial charge in [0.25, 0.3) is 0 Å². The first-order chi connectivity index (χ1) is 8.17. The Morgan fingerprint density at radius 1 is 1.41 bits per heavy atom. The molecule has 0 saturated heterocycles. The topological polar surface area (TPSA) is 73.6 Å². The Kier molecular flexibility index (Phi) is 5.45. The minimum atomic E-state index is -0.245. The minimum absolute atomic E-state index is 0.0502. The third kappa shape index (κ3) is 4.42. The van der Waals surface area contributed by atoms with Crippen LogP contribution in [0, 0.1) is 6.92 Å². The summed E-state index contributed by atoms with van der Waals surface area (Å²) in [4.78, 5) is 11.2. The molecular weight excluding hydrogens is 220 g/mol. The molecule has 5 heteroatoms. The minimum Gasteiger partial charge on any atom is -0.489 e. The van der Waals surface area contributed by atoms with E-state index < -0.39 is 0 Å². The number of ether oxygens (including phenoxy) is 2. The van der Waals surface area contributed by atoms with Crippen LogP contribution in [0.25, 0.3) is 0 Å². The number of carbonyl (C=O) groups is 1. The summed E-state index contributed by atoms with van der Waals surface area (Å²) in [7, 11) is 1.61. The van der Waals surface area contributed by atoms with E-state index in [-0.39, 0.29) is 12.5 Å². The standard InChI is InChI=1S/C12H18N2O3/c1-9-3-4-10(14-12(15)8-13)11(7-9)17-6-5-16-2/h3-4,7H,5-6,8,13H2,1-2H3,(H,14,15). The smallest absolute Gasteiger partial charge is 0.238 e. The van der Waals surface area contributed by atoms with Crippen LogP contribution in [0.2, 0.25) is 0 Å². The Balaban J connectivity index is 2.76. The zero-order valence-corrected chi connectivity index (χ0v) is 10.2. The Bertz CT molecular complexity index is 380. The van der Waals surface area contributed by atoms with Gasteiger partial charge in [-0.05, 0) is 24.6 Å². The highest BCUT2D eigenvalue weighted by Gasteiger charge is 2.07. The first-order valence-corrected chi connectivity index (χ1v) is 5.39. The van der Waals surface area contributed by atoms with Crippen molar-refractivity contribution in [3.8, 4) is 5.75 Å². The van der Waals surface area contributed by atoms with Crippen molar-refractivity contribution in [3.05, 3.63) is 23.8 Å². The van der Waals surface area contributed by atoms with Crippen LogP contribution in [0.5, 0.6) is 5.75 Å². The summed E-state index contributed by atoms with van der Waals surface area (Å²) in [6, 6.07) is 5.56. The van der Waals surface area contributed by atoms with Crippen LogP contribution < -0.4 is 15.8 Å². The average molecular weight is 238 g/mol.